The fourth-order valence-electron chi connectivity index (χ4n) is 2.41. The standard InChI is InChI=1S/C19H16N4O2/c20-18(24)16-10-9-14(12-22-16)19(25)23-17(13-6-2-1-3-7-13)15-8-4-5-11-21-15/h1-12,17H,(H2,20,24)(H,23,25). The molecular formula is C19H16N4O2. The number of rotatable bonds is 5. The highest BCUT2D eigenvalue weighted by molar-refractivity contribution is 5.96. The van der Waals surface area contributed by atoms with Gasteiger partial charge in [0.05, 0.1) is 17.3 Å². The summed E-state index contributed by atoms with van der Waals surface area (Å²) in [6, 6.07) is 17.7. The first-order valence-corrected chi connectivity index (χ1v) is 7.68. The first-order chi connectivity index (χ1) is 12.1. The first kappa shape index (κ1) is 16.3. The molecular weight excluding hydrogens is 316 g/mol. The number of aromatic nitrogens is 2. The number of hydrogen-bond acceptors (Lipinski definition) is 4. The molecule has 3 rings (SSSR count). The number of benzene rings is 1. The summed E-state index contributed by atoms with van der Waals surface area (Å²) in [6.45, 7) is 0. The second kappa shape index (κ2) is 7.35. The van der Waals surface area contributed by atoms with Gasteiger partial charge in [-0.15, -0.1) is 0 Å². The minimum atomic E-state index is -0.636. The Labute approximate surface area is 144 Å². The zero-order chi connectivity index (χ0) is 17.6. The van der Waals surface area contributed by atoms with E-state index >= 15 is 0 Å². The van der Waals surface area contributed by atoms with Crippen LogP contribution in [-0.4, -0.2) is 21.8 Å². The van der Waals surface area contributed by atoms with Gasteiger partial charge in [-0.05, 0) is 29.8 Å². The molecule has 3 aromatic rings. The quantitative estimate of drug-likeness (QED) is 0.747. The molecule has 0 aliphatic heterocycles. The molecule has 0 aliphatic carbocycles. The number of nitrogens with zero attached hydrogens (tertiary/aromatic N) is 2. The second-order valence-corrected chi connectivity index (χ2v) is 5.37. The van der Waals surface area contributed by atoms with Crippen LogP contribution in [0.1, 0.15) is 38.1 Å². The van der Waals surface area contributed by atoms with Crippen LogP contribution in [-0.2, 0) is 0 Å². The van der Waals surface area contributed by atoms with Gasteiger partial charge in [-0.1, -0.05) is 36.4 Å². The molecule has 25 heavy (non-hydrogen) atoms. The van der Waals surface area contributed by atoms with Crippen LogP contribution in [0.25, 0.3) is 0 Å². The maximum atomic E-state index is 12.6. The van der Waals surface area contributed by atoms with Crippen molar-refractivity contribution in [3.05, 3.63) is 95.6 Å². The van der Waals surface area contributed by atoms with E-state index < -0.39 is 11.9 Å². The fraction of sp³-hybridized carbons (Fsp3) is 0.0526. The topological polar surface area (TPSA) is 98.0 Å². The van der Waals surface area contributed by atoms with E-state index in [1.807, 2.05) is 48.5 Å². The highest BCUT2D eigenvalue weighted by Crippen LogP contribution is 2.20. The SMILES string of the molecule is NC(=O)c1ccc(C(=O)NC(c2ccccc2)c2ccccn2)cn1. The number of primary amides is 1. The normalized spacial score (nSPS) is 11.5. The molecule has 6 heteroatoms. The summed E-state index contributed by atoms with van der Waals surface area (Å²) >= 11 is 0. The molecule has 0 fully saturated rings. The molecule has 0 aliphatic rings. The molecule has 2 amide bonds. The summed E-state index contributed by atoms with van der Waals surface area (Å²) < 4.78 is 0. The van der Waals surface area contributed by atoms with Crippen molar-refractivity contribution in [2.24, 2.45) is 5.73 Å². The Hall–Kier alpha value is -3.54. The van der Waals surface area contributed by atoms with Crippen molar-refractivity contribution in [1.29, 1.82) is 0 Å². The zero-order valence-electron chi connectivity index (χ0n) is 13.3. The van der Waals surface area contributed by atoms with E-state index in [0.29, 0.717) is 5.56 Å². The van der Waals surface area contributed by atoms with E-state index in [4.69, 9.17) is 5.73 Å². The van der Waals surface area contributed by atoms with Gasteiger partial charge in [0.2, 0.25) is 0 Å². The minimum Gasteiger partial charge on any atom is -0.364 e. The van der Waals surface area contributed by atoms with Crippen molar-refractivity contribution in [2.75, 3.05) is 0 Å². The van der Waals surface area contributed by atoms with Crippen molar-refractivity contribution in [1.82, 2.24) is 15.3 Å². The Morgan fingerprint density at radius 3 is 2.28 bits per heavy atom. The van der Waals surface area contributed by atoms with Gasteiger partial charge in [0, 0.05) is 12.4 Å². The maximum Gasteiger partial charge on any atom is 0.267 e. The van der Waals surface area contributed by atoms with Crippen molar-refractivity contribution >= 4 is 11.8 Å². The van der Waals surface area contributed by atoms with Crippen LogP contribution in [0.15, 0.2) is 73.1 Å². The molecule has 124 valence electrons. The van der Waals surface area contributed by atoms with Crippen LogP contribution in [0.5, 0.6) is 0 Å². The minimum absolute atomic E-state index is 0.112. The van der Waals surface area contributed by atoms with Crippen LogP contribution < -0.4 is 11.1 Å². The number of pyridine rings is 2. The molecule has 0 radical (unpaired) electrons. The lowest BCUT2D eigenvalue weighted by atomic mass is 10.0. The maximum absolute atomic E-state index is 12.6. The highest BCUT2D eigenvalue weighted by atomic mass is 16.2. The number of hydrogen-bond donors (Lipinski definition) is 2. The van der Waals surface area contributed by atoms with E-state index in [1.165, 1.54) is 18.3 Å². The molecule has 1 aromatic carbocycles. The van der Waals surface area contributed by atoms with Crippen molar-refractivity contribution in [2.45, 2.75) is 6.04 Å². The lowest BCUT2D eigenvalue weighted by Gasteiger charge is -2.19. The third-order valence-corrected chi connectivity index (χ3v) is 3.67. The molecule has 3 N–H and O–H groups in total. The fourth-order valence-corrected chi connectivity index (χ4v) is 2.41. The van der Waals surface area contributed by atoms with E-state index in [9.17, 15) is 9.59 Å². The number of nitrogens with one attached hydrogen (secondary N) is 1. The Balaban J connectivity index is 1.87. The Morgan fingerprint density at radius 2 is 1.68 bits per heavy atom. The Bertz CT molecular complexity index is 825. The number of amides is 2. The van der Waals surface area contributed by atoms with Crippen molar-refractivity contribution in [3.8, 4) is 0 Å². The average molecular weight is 332 g/mol. The summed E-state index contributed by atoms with van der Waals surface area (Å²) in [6.07, 6.45) is 3.01. The molecule has 2 heterocycles. The van der Waals surface area contributed by atoms with Crippen LogP contribution in [0.4, 0.5) is 0 Å². The van der Waals surface area contributed by atoms with Gasteiger partial charge >= 0.3 is 0 Å². The van der Waals surface area contributed by atoms with Gasteiger partial charge in [0.25, 0.3) is 11.8 Å². The summed E-state index contributed by atoms with van der Waals surface area (Å²) in [4.78, 5) is 31.9. The summed E-state index contributed by atoms with van der Waals surface area (Å²) in [5.74, 6) is -0.953. The molecule has 2 aromatic heterocycles. The van der Waals surface area contributed by atoms with E-state index in [2.05, 4.69) is 15.3 Å². The molecule has 6 nitrogen and oxygen atoms in total. The lowest BCUT2D eigenvalue weighted by Crippen LogP contribution is -2.30. The van der Waals surface area contributed by atoms with Gasteiger partial charge in [0.1, 0.15) is 5.69 Å². The lowest BCUT2D eigenvalue weighted by molar-refractivity contribution is 0.0939. The largest absolute Gasteiger partial charge is 0.364 e. The van der Waals surface area contributed by atoms with Gasteiger partial charge in [-0.3, -0.25) is 19.6 Å². The highest BCUT2D eigenvalue weighted by Gasteiger charge is 2.19. The number of carbonyl (C=O) groups is 2. The van der Waals surface area contributed by atoms with Crippen molar-refractivity contribution < 1.29 is 9.59 Å². The second-order valence-electron chi connectivity index (χ2n) is 5.37. The molecule has 1 unspecified atom stereocenters. The van der Waals surface area contributed by atoms with Gasteiger partial charge in [-0.25, -0.2) is 0 Å². The summed E-state index contributed by atoms with van der Waals surface area (Å²) in [5, 5.41) is 2.96. The number of nitrogens with two attached hydrogens (primary N) is 1. The summed E-state index contributed by atoms with van der Waals surface area (Å²) in [7, 11) is 0. The van der Waals surface area contributed by atoms with E-state index in [0.717, 1.165) is 11.3 Å². The third kappa shape index (κ3) is 3.87. The van der Waals surface area contributed by atoms with E-state index in [1.54, 1.807) is 6.20 Å². The third-order valence-electron chi connectivity index (χ3n) is 3.67. The molecule has 0 bridgehead atoms. The smallest absolute Gasteiger partial charge is 0.267 e. The Morgan fingerprint density at radius 1 is 0.920 bits per heavy atom. The predicted octanol–water partition coefficient (Wildman–Crippen LogP) is 2.09. The molecule has 0 saturated carbocycles. The Kier molecular flexibility index (Phi) is 4.80. The zero-order valence-corrected chi connectivity index (χ0v) is 13.3. The van der Waals surface area contributed by atoms with E-state index in [-0.39, 0.29) is 11.6 Å². The van der Waals surface area contributed by atoms with Gasteiger partial charge < -0.3 is 11.1 Å². The van der Waals surface area contributed by atoms with Gasteiger partial charge in [-0.2, -0.15) is 0 Å². The first-order valence-electron chi connectivity index (χ1n) is 7.68. The molecule has 0 saturated heterocycles. The number of carbonyl (C=O) groups excluding carboxylic acids is 2. The monoisotopic (exact) mass is 332 g/mol. The van der Waals surface area contributed by atoms with Crippen LogP contribution in [0, 0.1) is 0 Å². The van der Waals surface area contributed by atoms with Crippen LogP contribution in [0.2, 0.25) is 0 Å². The van der Waals surface area contributed by atoms with Crippen LogP contribution in [0.3, 0.4) is 0 Å². The average Bonchev–Trinajstić information content (AvgIpc) is 2.67. The van der Waals surface area contributed by atoms with Crippen LogP contribution >= 0.6 is 0 Å². The molecule has 0 spiro atoms. The molecule has 1 atom stereocenters. The predicted molar refractivity (Wildman–Crippen MR) is 92.7 cm³/mol. The van der Waals surface area contributed by atoms with Crippen molar-refractivity contribution in [3.63, 3.8) is 0 Å². The van der Waals surface area contributed by atoms with Gasteiger partial charge in [0.15, 0.2) is 0 Å². The summed E-state index contributed by atoms with van der Waals surface area (Å²) in [5.41, 5.74) is 7.25.